The molecule has 0 aliphatic rings. The highest BCUT2D eigenvalue weighted by Crippen LogP contribution is 1.80. The number of nitrogens with one attached hydrogen (secondary N) is 2. The van der Waals surface area contributed by atoms with E-state index in [9.17, 15) is 0 Å². The molecule has 4 nitrogen and oxygen atoms in total. The van der Waals surface area contributed by atoms with Gasteiger partial charge in [0.05, 0.1) is 6.61 Å². The van der Waals surface area contributed by atoms with Crippen LogP contribution in [0.15, 0.2) is 0 Å². The number of ether oxygens (including phenoxy) is 1. The summed E-state index contributed by atoms with van der Waals surface area (Å²) < 4.78 is 4.86. The van der Waals surface area contributed by atoms with Crippen LogP contribution >= 0.6 is 12.2 Å². The average molecular weight is 163 g/mol. The Morgan fingerprint density at radius 1 is 1.80 bits per heavy atom. The highest BCUT2D eigenvalue weighted by molar-refractivity contribution is 7.80. The van der Waals surface area contributed by atoms with Gasteiger partial charge in [-0.05, 0) is 19.1 Å². The van der Waals surface area contributed by atoms with E-state index in [0.717, 1.165) is 0 Å². The summed E-state index contributed by atoms with van der Waals surface area (Å²) in [7, 11) is 1.64. The van der Waals surface area contributed by atoms with Crippen LogP contribution < -0.4 is 16.6 Å². The number of hydrazine groups is 1. The van der Waals surface area contributed by atoms with E-state index in [1.54, 1.807) is 7.11 Å². The molecule has 0 amide bonds. The van der Waals surface area contributed by atoms with E-state index in [1.807, 2.05) is 6.92 Å². The summed E-state index contributed by atoms with van der Waals surface area (Å²) >= 11 is 4.74. The molecule has 0 aromatic rings. The number of nitrogens with two attached hydrogens (primary N) is 1. The normalized spacial score (nSPS) is 12.3. The van der Waals surface area contributed by atoms with Gasteiger partial charge in [-0.1, -0.05) is 0 Å². The molecule has 0 fully saturated rings. The standard InChI is InChI=1S/C5H13N3OS/c1-4(3-9-2)7-5(10)8-6/h4H,3,6H2,1-2H3,(H2,7,8,10). The monoisotopic (exact) mass is 163 g/mol. The topological polar surface area (TPSA) is 59.3 Å². The van der Waals surface area contributed by atoms with Crippen molar-refractivity contribution in [1.82, 2.24) is 10.7 Å². The average Bonchev–Trinajstić information content (AvgIpc) is 1.88. The van der Waals surface area contributed by atoms with Crippen LogP contribution in [-0.4, -0.2) is 24.9 Å². The summed E-state index contributed by atoms with van der Waals surface area (Å²) in [5.74, 6) is 5.02. The third kappa shape index (κ3) is 4.49. The van der Waals surface area contributed by atoms with Gasteiger partial charge in [-0.25, -0.2) is 5.84 Å². The fourth-order valence-electron chi connectivity index (χ4n) is 0.557. The van der Waals surface area contributed by atoms with E-state index >= 15 is 0 Å². The predicted molar refractivity (Wildman–Crippen MR) is 44.4 cm³/mol. The van der Waals surface area contributed by atoms with Crippen molar-refractivity contribution >= 4 is 17.3 Å². The first kappa shape index (κ1) is 9.61. The van der Waals surface area contributed by atoms with Crippen molar-refractivity contribution in [2.24, 2.45) is 5.84 Å². The van der Waals surface area contributed by atoms with Gasteiger partial charge in [0.15, 0.2) is 5.11 Å². The lowest BCUT2D eigenvalue weighted by molar-refractivity contribution is 0.179. The van der Waals surface area contributed by atoms with E-state index in [-0.39, 0.29) is 6.04 Å². The Morgan fingerprint density at radius 2 is 2.40 bits per heavy atom. The lowest BCUT2D eigenvalue weighted by atomic mass is 10.4. The van der Waals surface area contributed by atoms with E-state index in [0.29, 0.717) is 11.7 Å². The molecule has 10 heavy (non-hydrogen) atoms. The first-order valence-corrected chi connectivity index (χ1v) is 3.37. The molecule has 0 heterocycles. The maximum atomic E-state index is 5.02. The second-order valence-corrected chi connectivity index (χ2v) is 2.38. The van der Waals surface area contributed by atoms with Gasteiger partial charge in [-0.15, -0.1) is 0 Å². The van der Waals surface area contributed by atoms with Crippen LogP contribution in [0.1, 0.15) is 6.92 Å². The van der Waals surface area contributed by atoms with Crippen LogP contribution in [0.2, 0.25) is 0 Å². The minimum Gasteiger partial charge on any atom is -0.383 e. The molecule has 0 aromatic carbocycles. The van der Waals surface area contributed by atoms with Gasteiger partial charge in [-0.3, -0.25) is 0 Å². The molecular weight excluding hydrogens is 150 g/mol. The first-order chi connectivity index (χ1) is 4.70. The van der Waals surface area contributed by atoms with E-state index in [1.165, 1.54) is 0 Å². The van der Waals surface area contributed by atoms with Crippen molar-refractivity contribution in [2.45, 2.75) is 13.0 Å². The van der Waals surface area contributed by atoms with Gasteiger partial charge < -0.3 is 15.5 Å². The molecule has 4 N–H and O–H groups in total. The molecule has 0 spiro atoms. The highest BCUT2D eigenvalue weighted by Gasteiger charge is 2.00. The number of hydrogen-bond acceptors (Lipinski definition) is 3. The molecule has 60 valence electrons. The van der Waals surface area contributed by atoms with Crippen LogP contribution in [0.4, 0.5) is 0 Å². The van der Waals surface area contributed by atoms with E-state index in [2.05, 4.69) is 10.7 Å². The van der Waals surface area contributed by atoms with Crippen molar-refractivity contribution in [3.8, 4) is 0 Å². The SMILES string of the molecule is COCC(C)NC(=S)NN. The van der Waals surface area contributed by atoms with Crippen LogP contribution in [0.25, 0.3) is 0 Å². The largest absolute Gasteiger partial charge is 0.383 e. The Kier molecular flexibility index (Phi) is 5.19. The molecule has 0 aliphatic carbocycles. The zero-order valence-electron chi connectivity index (χ0n) is 6.18. The molecule has 0 bridgehead atoms. The summed E-state index contributed by atoms with van der Waals surface area (Å²) in [4.78, 5) is 0. The lowest BCUT2D eigenvalue weighted by Crippen LogP contribution is -2.45. The summed E-state index contributed by atoms with van der Waals surface area (Å²) in [6.45, 7) is 2.56. The molecule has 0 aliphatic heterocycles. The summed E-state index contributed by atoms with van der Waals surface area (Å²) in [5, 5.41) is 3.34. The second kappa shape index (κ2) is 5.40. The number of rotatable bonds is 3. The second-order valence-electron chi connectivity index (χ2n) is 1.97. The first-order valence-electron chi connectivity index (χ1n) is 2.96. The van der Waals surface area contributed by atoms with Crippen LogP contribution in [-0.2, 0) is 4.74 Å². The molecule has 0 saturated carbocycles. The highest BCUT2D eigenvalue weighted by atomic mass is 32.1. The Bertz CT molecular complexity index is 109. The molecular formula is C5H13N3OS. The molecule has 0 saturated heterocycles. The molecule has 1 unspecified atom stereocenters. The van der Waals surface area contributed by atoms with Crippen molar-refractivity contribution in [2.75, 3.05) is 13.7 Å². The van der Waals surface area contributed by atoms with Crippen LogP contribution in [0, 0.1) is 0 Å². The molecule has 0 radical (unpaired) electrons. The zero-order valence-corrected chi connectivity index (χ0v) is 6.99. The van der Waals surface area contributed by atoms with Gasteiger partial charge >= 0.3 is 0 Å². The molecule has 0 rings (SSSR count). The minimum atomic E-state index is 0.188. The minimum absolute atomic E-state index is 0.188. The van der Waals surface area contributed by atoms with Gasteiger partial charge in [0.25, 0.3) is 0 Å². The third-order valence-electron chi connectivity index (χ3n) is 0.925. The van der Waals surface area contributed by atoms with Crippen molar-refractivity contribution < 1.29 is 4.74 Å². The predicted octanol–water partition coefficient (Wildman–Crippen LogP) is -0.641. The molecule has 1 atom stereocenters. The fourth-order valence-corrected chi connectivity index (χ4v) is 0.758. The van der Waals surface area contributed by atoms with Crippen molar-refractivity contribution in [1.29, 1.82) is 0 Å². The van der Waals surface area contributed by atoms with Gasteiger partial charge in [0, 0.05) is 13.2 Å². The van der Waals surface area contributed by atoms with Crippen LogP contribution in [0.5, 0.6) is 0 Å². The fraction of sp³-hybridized carbons (Fsp3) is 0.800. The van der Waals surface area contributed by atoms with Crippen molar-refractivity contribution in [3.05, 3.63) is 0 Å². The van der Waals surface area contributed by atoms with E-state index in [4.69, 9.17) is 22.8 Å². The maximum absolute atomic E-state index is 5.02. The van der Waals surface area contributed by atoms with E-state index < -0.39 is 0 Å². The van der Waals surface area contributed by atoms with Gasteiger partial charge in [-0.2, -0.15) is 0 Å². The van der Waals surface area contributed by atoms with Gasteiger partial charge in [0.2, 0.25) is 0 Å². The Labute approximate surface area is 66.1 Å². The Morgan fingerprint density at radius 3 is 2.80 bits per heavy atom. The number of thiocarbonyl (C=S) groups is 1. The summed E-state index contributed by atoms with van der Waals surface area (Å²) in [6.07, 6.45) is 0. The lowest BCUT2D eigenvalue weighted by Gasteiger charge is -2.13. The maximum Gasteiger partial charge on any atom is 0.180 e. The Hall–Kier alpha value is -0.390. The molecule has 5 heteroatoms. The molecule has 0 aromatic heterocycles. The quantitative estimate of drug-likeness (QED) is 0.293. The number of methoxy groups -OCH3 is 1. The Balaban J connectivity index is 3.37. The zero-order chi connectivity index (χ0) is 7.98. The third-order valence-corrected chi connectivity index (χ3v) is 1.16. The smallest absolute Gasteiger partial charge is 0.180 e. The van der Waals surface area contributed by atoms with Gasteiger partial charge in [0.1, 0.15) is 0 Å². The van der Waals surface area contributed by atoms with Crippen LogP contribution in [0.3, 0.4) is 0 Å². The number of hydrogen-bond donors (Lipinski definition) is 3. The summed E-state index contributed by atoms with van der Waals surface area (Å²) in [5.41, 5.74) is 2.32. The summed E-state index contributed by atoms with van der Waals surface area (Å²) in [6, 6.07) is 0.188. The van der Waals surface area contributed by atoms with Crippen molar-refractivity contribution in [3.63, 3.8) is 0 Å².